The predicted octanol–water partition coefficient (Wildman–Crippen LogP) is 4.24. The highest BCUT2D eigenvalue weighted by molar-refractivity contribution is 7.80. The van der Waals surface area contributed by atoms with Gasteiger partial charge in [-0.05, 0) is 30.5 Å². The summed E-state index contributed by atoms with van der Waals surface area (Å²) in [5.41, 5.74) is 0. The van der Waals surface area contributed by atoms with Crippen LogP contribution in [0.25, 0.3) is 10.1 Å². The molecule has 0 radical (unpaired) electrons. The number of rotatable bonds is 2. The first-order valence-corrected chi connectivity index (χ1v) is 5.89. The number of ether oxygens (including phenoxy) is 1. The Morgan fingerprint density at radius 1 is 1.43 bits per heavy atom. The van der Waals surface area contributed by atoms with Crippen molar-refractivity contribution in [2.45, 2.75) is 11.8 Å². The Hall–Kier alpha value is -0.380. The maximum absolute atomic E-state index is 5.93. The van der Waals surface area contributed by atoms with Gasteiger partial charge in [0.25, 0.3) is 0 Å². The van der Waals surface area contributed by atoms with Crippen molar-refractivity contribution in [1.82, 2.24) is 0 Å². The highest BCUT2D eigenvalue weighted by atomic mass is 35.5. The fourth-order valence-electron chi connectivity index (χ4n) is 1.33. The van der Waals surface area contributed by atoms with Gasteiger partial charge in [0.1, 0.15) is 5.75 Å². The van der Waals surface area contributed by atoms with Crippen LogP contribution in [0.3, 0.4) is 0 Å². The summed E-state index contributed by atoms with van der Waals surface area (Å²) in [5, 5.41) is 1.09. The van der Waals surface area contributed by atoms with Crippen LogP contribution in [-0.2, 0) is 0 Å². The maximum Gasteiger partial charge on any atom is 0.121 e. The first-order chi connectivity index (χ1) is 6.70. The number of benzene rings is 1. The second-order valence-electron chi connectivity index (χ2n) is 2.84. The van der Waals surface area contributed by atoms with Gasteiger partial charge < -0.3 is 4.74 Å². The summed E-state index contributed by atoms with van der Waals surface area (Å²) in [6, 6.07) is 5.84. The third kappa shape index (κ3) is 1.85. The van der Waals surface area contributed by atoms with Crippen molar-refractivity contribution >= 4 is 45.7 Å². The lowest BCUT2D eigenvalue weighted by atomic mass is 10.2. The van der Waals surface area contributed by atoms with Gasteiger partial charge in [-0.2, -0.15) is 0 Å². The topological polar surface area (TPSA) is 9.23 Å². The van der Waals surface area contributed by atoms with E-state index in [1.807, 2.05) is 25.1 Å². The van der Waals surface area contributed by atoms with Gasteiger partial charge in [0.15, 0.2) is 0 Å². The van der Waals surface area contributed by atoms with Crippen molar-refractivity contribution in [1.29, 1.82) is 0 Å². The molecule has 2 aromatic rings. The highest BCUT2D eigenvalue weighted by Crippen LogP contribution is 2.36. The SMILES string of the molecule is CCOc1cc(S)c2sc(Cl)cc2c1. The molecule has 0 atom stereocenters. The molecule has 0 aliphatic heterocycles. The number of fused-ring (bicyclic) bond motifs is 1. The Morgan fingerprint density at radius 3 is 2.93 bits per heavy atom. The van der Waals surface area contributed by atoms with E-state index in [4.69, 9.17) is 16.3 Å². The van der Waals surface area contributed by atoms with Crippen LogP contribution in [0.1, 0.15) is 6.92 Å². The molecule has 1 heterocycles. The van der Waals surface area contributed by atoms with E-state index in [-0.39, 0.29) is 0 Å². The summed E-state index contributed by atoms with van der Waals surface area (Å²) < 4.78 is 7.31. The Kier molecular flexibility index (Phi) is 2.91. The predicted molar refractivity (Wildman–Crippen MR) is 65.3 cm³/mol. The van der Waals surface area contributed by atoms with E-state index in [1.165, 1.54) is 11.3 Å². The van der Waals surface area contributed by atoms with Gasteiger partial charge in [-0.1, -0.05) is 11.6 Å². The number of hydrogen-bond acceptors (Lipinski definition) is 3. The lowest BCUT2D eigenvalue weighted by Gasteiger charge is -2.03. The molecule has 1 aromatic heterocycles. The van der Waals surface area contributed by atoms with Crippen molar-refractivity contribution in [3.63, 3.8) is 0 Å². The molecule has 14 heavy (non-hydrogen) atoms. The van der Waals surface area contributed by atoms with Crippen LogP contribution in [0.15, 0.2) is 23.1 Å². The third-order valence-corrected chi connectivity index (χ3v) is 3.67. The van der Waals surface area contributed by atoms with Gasteiger partial charge in [0.2, 0.25) is 0 Å². The zero-order valence-corrected chi connectivity index (χ0v) is 10.0. The molecule has 0 unspecified atom stereocenters. The number of thiophene rings is 1. The molecule has 74 valence electrons. The normalized spacial score (nSPS) is 10.8. The van der Waals surface area contributed by atoms with E-state index in [9.17, 15) is 0 Å². The minimum Gasteiger partial charge on any atom is -0.494 e. The third-order valence-electron chi connectivity index (χ3n) is 1.85. The minimum absolute atomic E-state index is 0.663. The van der Waals surface area contributed by atoms with Crippen LogP contribution in [-0.4, -0.2) is 6.61 Å². The van der Waals surface area contributed by atoms with Crippen molar-refractivity contribution in [2.75, 3.05) is 6.61 Å². The molecule has 0 aliphatic carbocycles. The molecule has 0 saturated heterocycles. The quantitative estimate of drug-likeness (QED) is 0.778. The highest BCUT2D eigenvalue weighted by Gasteiger charge is 2.05. The van der Waals surface area contributed by atoms with Gasteiger partial charge in [-0.25, -0.2) is 0 Å². The minimum atomic E-state index is 0.663. The Bertz CT molecular complexity index is 464. The van der Waals surface area contributed by atoms with Crippen molar-refractivity contribution in [3.05, 3.63) is 22.5 Å². The van der Waals surface area contributed by atoms with Crippen molar-refractivity contribution in [3.8, 4) is 5.75 Å². The zero-order valence-electron chi connectivity index (χ0n) is 7.58. The fraction of sp³-hybridized carbons (Fsp3) is 0.200. The molecule has 0 bridgehead atoms. The van der Waals surface area contributed by atoms with Crippen LogP contribution in [0.2, 0.25) is 4.34 Å². The van der Waals surface area contributed by atoms with Crippen molar-refractivity contribution in [2.24, 2.45) is 0 Å². The smallest absolute Gasteiger partial charge is 0.121 e. The molecule has 0 fully saturated rings. The summed E-state index contributed by atoms with van der Waals surface area (Å²) in [5.74, 6) is 0.847. The molecule has 1 nitrogen and oxygen atoms in total. The molecule has 0 N–H and O–H groups in total. The lowest BCUT2D eigenvalue weighted by Crippen LogP contribution is -1.90. The van der Waals surface area contributed by atoms with Crippen molar-refractivity contribution < 1.29 is 4.74 Å². The molecule has 2 rings (SSSR count). The summed E-state index contributed by atoms with van der Waals surface area (Å²) >= 11 is 11.9. The van der Waals surface area contributed by atoms with Crippen LogP contribution in [0.5, 0.6) is 5.75 Å². The Labute approximate surface area is 97.1 Å². The summed E-state index contributed by atoms with van der Waals surface area (Å²) in [7, 11) is 0. The zero-order chi connectivity index (χ0) is 10.1. The second kappa shape index (κ2) is 4.01. The molecule has 0 saturated carbocycles. The van der Waals surface area contributed by atoms with Gasteiger partial charge >= 0.3 is 0 Å². The average Bonchev–Trinajstić information content (AvgIpc) is 2.47. The monoisotopic (exact) mass is 244 g/mol. The molecule has 0 aliphatic rings. The van der Waals surface area contributed by atoms with E-state index in [0.29, 0.717) is 6.61 Å². The van der Waals surface area contributed by atoms with E-state index in [2.05, 4.69) is 12.6 Å². The second-order valence-corrected chi connectivity index (χ2v) is 5.01. The molecule has 4 heteroatoms. The Balaban J connectivity index is 2.59. The molecular formula is C10H9ClOS2. The van der Waals surface area contributed by atoms with Crippen LogP contribution in [0.4, 0.5) is 0 Å². The van der Waals surface area contributed by atoms with Gasteiger partial charge in [0, 0.05) is 9.60 Å². The summed E-state index contributed by atoms with van der Waals surface area (Å²) in [6.45, 7) is 2.62. The van der Waals surface area contributed by atoms with E-state index in [0.717, 1.165) is 25.1 Å². The molecular weight excluding hydrogens is 236 g/mol. The number of thiol groups is 1. The Morgan fingerprint density at radius 2 is 2.21 bits per heavy atom. The molecule has 0 spiro atoms. The van der Waals surface area contributed by atoms with E-state index >= 15 is 0 Å². The fourth-order valence-corrected chi connectivity index (χ4v) is 2.85. The average molecular weight is 245 g/mol. The van der Waals surface area contributed by atoms with Crippen LogP contribution < -0.4 is 4.74 Å². The summed E-state index contributed by atoms with van der Waals surface area (Å²) in [4.78, 5) is 0.919. The van der Waals surface area contributed by atoms with Crippen LogP contribution >= 0.6 is 35.6 Å². The standard InChI is InChI=1S/C10H9ClOS2/c1-2-12-7-3-6-4-9(11)14-10(6)8(13)5-7/h3-5,13H,2H2,1H3. The first kappa shape index (κ1) is 10.1. The lowest BCUT2D eigenvalue weighted by molar-refractivity contribution is 0.340. The van der Waals surface area contributed by atoms with Gasteiger partial charge in [-0.3, -0.25) is 0 Å². The van der Waals surface area contributed by atoms with E-state index in [1.54, 1.807) is 0 Å². The van der Waals surface area contributed by atoms with Crippen LogP contribution in [0, 0.1) is 0 Å². The van der Waals surface area contributed by atoms with Gasteiger partial charge in [0.05, 0.1) is 10.9 Å². The molecule has 0 amide bonds. The summed E-state index contributed by atoms with van der Waals surface area (Å²) in [6.07, 6.45) is 0. The van der Waals surface area contributed by atoms with Gasteiger partial charge in [-0.15, -0.1) is 24.0 Å². The maximum atomic E-state index is 5.93. The number of hydrogen-bond donors (Lipinski definition) is 1. The molecule has 1 aromatic carbocycles. The largest absolute Gasteiger partial charge is 0.494 e. The van der Waals surface area contributed by atoms with E-state index < -0.39 is 0 Å². The number of halogens is 1. The first-order valence-electron chi connectivity index (χ1n) is 4.25.